The number of nitrogens with one attached hydrogen (secondary N) is 3. The number of amides is 3. The Labute approximate surface area is 114 Å². The van der Waals surface area contributed by atoms with Crippen LogP contribution in [0, 0.1) is 5.92 Å². The first-order valence-electron chi connectivity index (χ1n) is 6.79. The Morgan fingerprint density at radius 1 is 0.895 bits per heavy atom. The zero-order valence-electron chi connectivity index (χ0n) is 12.0. The van der Waals surface area contributed by atoms with Crippen LogP contribution in [0.1, 0.15) is 40.0 Å². The highest BCUT2D eigenvalue weighted by Crippen LogP contribution is 2.04. The molecule has 0 saturated carbocycles. The van der Waals surface area contributed by atoms with Crippen LogP contribution in [0.15, 0.2) is 0 Å². The van der Waals surface area contributed by atoms with Gasteiger partial charge >= 0.3 is 0 Å². The summed E-state index contributed by atoms with van der Waals surface area (Å²) < 4.78 is 0. The largest absolute Gasteiger partial charge is 0.355 e. The van der Waals surface area contributed by atoms with E-state index in [0.717, 1.165) is 12.8 Å². The minimum absolute atomic E-state index is 0.0555. The average Bonchev–Trinajstić information content (AvgIpc) is 2.40. The molecule has 3 N–H and O–H groups in total. The lowest BCUT2D eigenvalue weighted by atomic mass is 10.1. The second-order valence-corrected chi connectivity index (χ2v) is 4.62. The van der Waals surface area contributed by atoms with Crippen molar-refractivity contribution in [3.05, 3.63) is 0 Å². The summed E-state index contributed by atoms with van der Waals surface area (Å²) in [5, 5.41) is 7.63. The molecular formula is C13H25N3O3. The molecule has 0 spiro atoms. The van der Waals surface area contributed by atoms with E-state index in [-0.39, 0.29) is 30.8 Å². The molecule has 1 unspecified atom stereocenters. The molecular weight excluding hydrogens is 246 g/mol. The molecule has 0 rings (SSSR count). The average molecular weight is 271 g/mol. The molecule has 0 aliphatic rings. The predicted molar refractivity (Wildman–Crippen MR) is 73.4 cm³/mol. The third-order valence-corrected chi connectivity index (χ3v) is 2.70. The Balaban J connectivity index is 3.69. The monoisotopic (exact) mass is 271 g/mol. The van der Waals surface area contributed by atoms with Gasteiger partial charge in [-0.2, -0.15) is 0 Å². The minimum Gasteiger partial charge on any atom is -0.355 e. The summed E-state index contributed by atoms with van der Waals surface area (Å²) in [7, 11) is 0. The summed E-state index contributed by atoms with van der Waals surface area (Å²) in [5.41, 5.74) is 0. The van der Waals surface area contributed by atoms with E-state index in [1.807, 2.05) is 20.8 Å². The predicted octanol–water partition coefficient (Wildman–Crippen LogP) is 0.181. The summed E-state index contributed by atoms with van der Waals surface area (Å²) in [6, 6.07) is 0. The van der Waals surface area contributed by atoms with E-state index in [9.17, 15) is 14.4 Å². The Morgan fingerprint density at radius 3 is 1.95 bits per heavy atom. The SMILES string of the molecule is CCCNC(=O)CNC(=O)CNC(=O)CC(C)CC. The van der Waals surface area contributed by atoms with Crippen LogP contribution in [-0.4, -0.2) is 37.4 Å². The molecule has 0 aliphatic heterocycles. The summed E-state index contributed by atoms with van der Waals surface area (Å²) in [6.45, 7) is 6.40. The normalized spacial score (nSPS) is 11.5. The number of carbonyl (C=O) groups excluding carboxylic acids is 3. The lowest BCUT2D eigenvalue weighted by Gasteiger charge is -2.09. The molecule has 0 aliphatic carbocycles. The van der Waals surface area contributed by atoms with Crippen molar-refractivity contribution < 1.29 is 14.4 Å². The van der Waals surface area contributed by atoms with Crippen molar-refractivity contribution in [1.29, 1.82) is 0 Å². The third-order valence-electron chi connectivity index (χ3n) is 2.70. The molecule has 0 aromatic heterocycles. The molecule has 6 nitrogen and oxygen atoms in total. The van der Waals surface area contributed by atoms with Crippen molar-refractivity contribution in [2.75, 3.05) is 19.6 Å². The lowest BCUT2D eigenvalue weighted by molar-refractivity contribution is -0.128. The van der Waals surface area contributed by atoms with E-state index in [2.05, 4.69) is 16.0 Å². The van der Waals surface area contributed by atoms with Crippen LogP contribution in [0.5, 0.6) is 0 Å². The Bertz CT molecular complexity index is 306. The summed E-state index contributed by atoms with van der Waals surface area (Å²) >= 11 is 0. The fourth-order valence-electron chi connectivity index (χ4n) is 1.28. The van der Waals surface area contributed by atoms with Gasteiger partial charge in [0.05, 0.1) is 13.1 Å². The summed E-state index contributed by atoms with van der Waals surface area (Å²) in [5.74, 6) is -0.409. The number of carbonyl (C=O) groups is 3. The van der Waals surface area contributed by atoms with E-state index in [1.54, 1.807) is 0 Å². The maximum absolute atomic E-state index is 11.4. The standard InChI is InChI=1S/C13H25N3O3/c1-4-6-14-12(18)8-16-13(19)9-15-11(17)7-10(3)5-2/h10H,4-9H2,1-3H3,(H,14,18)(H,15,17)(H,16,19). The topological polar surface area (TPSA) is 87.3 Å². The van der Waals surface area contributed by atoms with E-state index in [1.165, 1.54) is 0 Å². The molecule has 0 fully saturated rings. The maximum Gasteiger partial charge on any atom is 0.239 e. The van der Waals surface area contributed by atoms with E-state index in [0.29, 0.717) is 18.9 Å². The molecule has 1 atom stereocenters. The summed E-state index contributed by atoms with van der Waals surface area (Å²) in [6.07, 6.45) is 2.20. The van der Waals surface area contributed by atoms with Gasteiger partial charge in [-0.05, 0) is 12.3 Å². The molecule has 0 bridgehead atoms. The van der Waals surface area contributed by atoms with Crippen LogP contribution in [0.25, 0.3) is 0 Å². The Morgan fingerprint density at radius 2 is 1.42 bits per heavy atom. The van der Waals surface area contributed by atoms with Crippen molar-refractivity contribution in [3.8, 4) is 0 Å². The zero-order chi connectivity index (χ0) is 14.7. The van der Waals surface area contributed by atoms with Crippen molar-refractivity contribution >= 4 is 17.7 Å². The molecule has 0 aromatic rings. The molecule has 0 radical (unpaired) electrons. The first kappa shape index (κ1) is 17.4. The zero-order valence-corrected chi connectivity index (χ0v) is 12.0. The minimum atomic E-state index is -0.357. The second-order valence-electron chi connectivity index (χ2n) is 4.62. The number of hydrogen-bond donors (Lipinski definition) is 3. The van der Waals surface area contributed by atoms with Gasteiger partial charge in [0.2, 0.25) is 17.7 Å². The van der Waals surface area contributed by atoms with Gasteiger partial charge in [-0.1, -0.05) is 27.2 Å². The molecule has 19 heavy (non-hydrogen) atoms. The van der Waals surface area contributed by atoms with Gasteiger partial charge in [0.1, 0.15) is 0 Å². The number of hydrogen-bond acceptors (Lipinski definition) is 3. The highest BCUT2D eigenvalue weighted by atomic mass is 16.2. The van der Waals surface area contributed by atoms with Gasteiger partial charge in [-0.25, -0.2) is 0 Å². The van der Waals surface area contributed by atoms with Gasteiger partial charge in [0, 0.05) is 13.0 Å². The molecule has 0 saturated heterocycles. The van der Waals surface area contributed by atoms with E-state index >= 15 is 0 Å². The Kier molecular flexibility index (Phi) is 9.48. The fraction of sp³-hybridized carbons (Fsp3) is 0.769. The van der Waals surface area contributed by atoms with Crippen LogP contribution in [0.3, 0.4) is 0 Å². The van der Waals surface area contributed by atoms with Crippen molar-refractivity contribution in [2.45, 2.75) is 40.0 Å². The molecule has 6 heteroatoms. The number of rotatable bonds is 9. The van der Waals surface area contributed by atoms with Crippen molar-refractivity contribution in [3.63, 3.8) is 0 Å². The van der Waals surface area contributed by atoms with Crippen LogP contribution < -0.4 is 16.0 Å². The van der Waals surface area contributed by atoms with Gasteiger partial charge < -0.3 is 16.0 Å². The van der Waals surface area contributed by atoms with Crippen LogP contribution >= 0.6 is 0 Å². The first-order chi connectivity index (χ1) is 8.99. The quantitative estimate of drug-likeness (QED) is 0.559. The second kappa shape index (κ2) is 10.3. The van der Waals surface area contributed by atoms with Crippen molar-refractivity contribution in [1.82, 2.24) is 16.0 Å². The smallest absolute Gasteiger partial charge is 0.239 e. The van der Waals surface area contributed by atoms with E-state index in [4.69, 9.17) is 0 Å². The third kappa shape index (κ3) is 10.1. The molecule has 0 heterocycles. The fourth-order valence-corrected chi connectivity index (χ4v) is 1.28. The van der Waals surface area contributed by atoms with Crippen LogP contribution in [0.2, 0.25) is 0 Å². The maximum atomic E-state index is 11.4. The van der Waals surface area contributed by atoms with Gasteiger partial charge in [0.25, 0.3) is 0 Å². The summed E-state index contributed by atoms with van der Waals surface area (Å²) in [4.78, 5) is 34.0. The van der Waals surface area contributed by atoms with Crippen molar-refractivity contribution in [2.24, 2.45) is 5.92 Å². The van der Waals surface area contributed by atoms with Crippen LogP contribution in [0.4, 0.5) is 0 Å². The lowest BCUT2D eigenvalue weighted by Crippen LogP contribution is -2.42. The van der Waals surface area contributed by atoms with Gasteiger partial charge in [0.15, 0.2) is 0 Å². The first-order valence-corrected chi connectivity index (χ1v) is 6.79. The van der Waals surface area contributed by atoms with Gasteiger partial charge in [-0.3, -0.25) is 14.4 Å². The van der Waals surface area contributed by atoms with Crippen LogP contribution in [-0.2, 0) is 14.4 Å². The molecule has 0 aromatic carbocycles. The highest BCUT2D eigenvalue weighted by Gasteiger charge is 2.09. The van der Waals surface area contributed by atoms with E-state index < -0.39 is 0 Å². The van der Waals surface area contributed by atoms with Gasteiger partial charge in [-0.15, -0.1) is 0 Å². The Hall–Kier alpha value is -1.59. The highest BCUT2D eigenvalue weighted by molar-refractivity contribution is 5.88. The molecule has 110 valence electrons. The molecule has 3 amide bonds.